The second-order valence-corrected chi connectivity index (χ2v) is 9.15. The predicted octanol–water partition coefficient (Wildman–Crippen LogP) is 2.49. The van der Waals surface area contributed by atoms with E-state index in [1.54, 1.807) is 4.90 Å². The fourth-order valence-electron chi connectivity index (χ4n) is 3.46. The van der Waals surface area contributed by atoms with E-state index in [1.165, 1.54) is 12.1 Å². The molecule has 0 bridgehead atoms. The Bertz CT molecular complexity index is 1180. The minimum atomic E-state index is -4.82. The van der Waals surface area contributed by atoms with Crippen molar-refractivity contribution in [3.63, 3.8) is 0 Å². The maximum Gasteiger partial charge on any atom is 0.332 e. The van der Waals surface area contributed by atoms with Crippen LogP contribution in [0.4, 0.5) is 15.3 Å². The van der Waals surface area contributed by atoms with E-state index < -0.39 is 20.8 Å². The minimum absolute atomic E-state index is 0.136. The van der Waals surface area contributed by atoms with Crippen LogP contribution in [0.1, 0.15) is 32.3 Å². The first-order valence-electron chi connectivity index (χ1n) is 9.89. The van der Waals surface area contributed by atoms with Crippen molar-refractivity contribution >= 4 is 39.4 Å². The number of hydrogen-bond acceptors (Lipinski definition) is 8. The Labute approximate surface area is 186 Å². The minimum Gasteiger partial charge on any atom is -0.369 e. The quantitative estimate of drug-likeness (QED) is 0.542. The van der Waals surface area contributed by atoms with Gasteiger partial charge in [0.1, 0.15) is 10.6 Å². The number of benzene rings is 2. The summed E-state index contributed by atoms with van der Waals surface area (Å²) in [4.78, 5) is 21.8. The van der Waals surface area contributed by atoms with E-state index in [4.69, 9.17) is 11.5 Å². The van der Waals surface area contributed by atoms with Crippen molar-refractivity contribution in [3.05, 3.63) is 54.1 Å². The van der Waals surface area contributed by atoms with Crippen LogP contribution in [0.3, 0.4) is 0 Å². The Kier molecular flexibility index (Phi) is 6.49. The average molecular weight is 461 g/mol. The molecule has 1 heterocycles. The van der Waals surface area contributed by atoms with Crippen LogP contribution in [-0.2, 0) is 21.4 Å². The molecule has 1 aliphatic heterocycles. The number of anilines is 2. The number of nitrogens with one attached hydrogen (secondary N) is 1. The lowest BCUT2D eigenvalue weighted by Crippen LogP contribution is -2.54. The van der Waals surface area contributed by atoms with Crippen LogP contribution >= 0.6 is 0 Å². The molecule has 9 nitrogen and oxygen atoms in total. The lowest BCUT2D eigenvalue weighted by molar-refractivity contribution is -0.116. The van der Waals surface area contributed by atoms with Gasteiger partial charge in [0.25, 0.3) is 0 Å². The summed E-state index contributed by atoms with van der Waals surface area (Å²) in [6.07, 6.45) is 1.46. The molecule has 11 heteroatoms. The SMILES string of the molecule is CC1(C)N=C(N)N=C(N)N1c1ccc(CCCC(=O)Nc2cccc(S(=O)(=O)F)c2)cc1. The Balaban J connectivity index is 1.55. The highest BCUT2D eigenvalue weighted by Gasteiger charge is 2.32. The van der Waals surface area contributed by atoms with Crippen molar-refractivity contribution in [2.24, 2.45) is 21.5 Å². The molecule has 0 saturated heterocycles. The van der Waals surface area contributed by atoms with Crippen LogP contribution in [0.15, 0.2) is 63.4 Å². The summed E-state index contributed by atoms with van der Waals surface area (Å²) < 4.78 is 35.1. The number of aryl methyl sites for hydroxylation is 1. The number of nitrogens with zero attached hydrogens (tertiary/aromatic N) is 3. The van der Waals surface area contributed by atoms with E-state index in [9.17, 15) is 17.1 Å². The van der Waals surface area contributed by atoms with Gasteiger partial charge in [0, 0.05) is 17.8 Å². The number of carbonyl (C=O) groups is 1. The summed E-state index contributed by atoms with van der Waals surface area (Å²) in [5.74, 6) is 0.109. The zero-order valence-corrected chi connectivity index (χ0v) is 18.6. The third kappa shape index (κ3) is 5.61. The van der Waals surface area contributed by atoms with Crippen molar-refractivity contribution in [1.82, 2.24) is 0 Å². The summed E-state index contributed by atoms with van der Waals surface area (Å²) in [6.45, 7) is 3.76. The molecule has 5 N–H and O–H groups in total. The molecule has 1 aliphatic rings. The highest BCUT2D eigenvalue weighted by Crippen LogP contribution is 2.27. The molecule has 1 amide bonds. The van der Waals surface area contributed by atoms with Crippen LogP contribution in [0.25, 0.3) is 0 Å². The number of amides is 1. The van der Waals surface area contributed by atoms with Crippen LogP contribution < -0.4 is 21.7 Å². The Morgan fingerprint density at radius 2 is 1.84 bits per heavy atom. The molecule has 0 aromatic heterocycles. The number of guanidine groups is 2. The Morgan fingerprint density at radius 3 is 2.47 bits per heavy atom. The maximum absolute atomic E-state index is 13.1. The monoisotopic (exact) mass is 460 g/mol. The van der Waals surface area contributed by atoms with E-state index >= 15 is 0 Å². The van der Waals surface area contributed by atoms with Gasteiger partial charge in [-0.3, -0.25) is 9.69 Å². The first-order chi connectivity index (χ1) is 15.0. The van der Waals surface area contributed by atoms with E-state index in [0.29, 0.717) is 12.8 Å². The first kappa shape index (κ1) is 23.2. The van der Waals surface area contributed by atoms with Crippen molar-refractivity contribution < 1.29 is 17.1 Å². The van der Waals surface area contributed by atoms with Gasteiger partial charge in [-0.25, -0.2) is 4.99 Å². The number of nitrogens with two attached hydrogens (primary N) is 2. The van der Waals surface area contributed by atoms with Gasteiger partial charge in [-0.2, -0.15) is 13.4 Å². The second-order valence-electron chi connectivity index (χ2n) is 7.80. The zero-order valence-electron chi connectivity index (χ0n) is 17.7. The van der Waals surface area contributed by atoms with Crippen LogP contribution in [-0.4, -0.2) is 31.9 Å². The Hall–Kier alpha value is -3.47. The van der Waals surface area contributed by atoms with Gasteiger partial charge in [-0.1, -0.05) is 18.2 Å². The molecule has 32 heavy (non-hydrogen) atoms. The molecule has 0 spiro atoms. The van der Waals surface area contributed by atoms with E-state index in [1.807, 2.05) is 38.1 Å². The summed E-state index contributed by atoms with van der Waals surface area (Å²) >= 11 is 0. The zero-order chi connectivity index (χ0) is 23.5. The van der Waals surface area contributed by atoms with Gasteiger partial charge in [-0.05, 0) is 62.6 Å². The maximum atomic E-state index is 13.1. The molecule has 3 rings (SSSR count). The number of rotatable bonds is 7. The number of aliphatic imine (C=N–C) groups is 2. The molecule has 2 aromatic carbocycles. The molecular formula is C21H25FN6O3S. The summed E-state index contributed by atoms with van der Waals surface area (Å²) in [6, 6.07) is 12.8. The topological polar surface area (TPSA) is 143 Å². The summed E-state index contributed by atoms with van der Waals surface area (Å²) in [5, 5.41) is 2.58. The van der Waals surface area contributed by atoms with Gasteiger partial charge < -0.3 is 16.8 Å². The Morgan fingerprint density at radius 1 is 1.16 bits per heavy atom. The van der Waals surface area contributed by atoms with Crippen molar-refractivity contribution in [3.8, 4) is 0 Å². The highest BCUT2D eigenvalue weighted by atomic mass is 32.3. The van der Waals surface area contributed by atoms with Crippen LogP contribution in [0, 0.1) is 0 Å². The number of hydrogen-bond donors (Lipinski definition) is 3. The molecule has 0 fully saturated rings. The summed E-state index contributed by atoms with van der Waals surface area (Å²) in [5.41, 5.74) is 13.1. The lowest BCUT2D eigenvalue weighted by Gasteiger charge is -2.38. The van der Waals surface area contributed by atoms with Crippen molar-refractivity contribution in [1.29, 1.82) is 0 Å². The standard InChI is InChI=1S/C21H25FN6O3S/c1-21(2)27-19(23)26-20(24)28(21)16-11-9-14(10-12-16)5-3-8-18(29)25-15-6-4-7-17(13-15)32(22,30)31/h4,6-7,9-13H,3,5,8H2,1-2H3,(H,25,29)(H4,23,24,26,27). The number of carbonyl (C=O) groups excluding carboxylic acids is 1. The highest BCUT2D eigenvalue weighted by molar-refractivity contribution is 7.86. The largest absolute Gasteiger partial charge is 0.369 e. The lowest BCUT2D eigenvalue weighted by atomic mass is 10.1. The van der Waals surface area contributed by atoms with E-state index in [2.05, 4.69) is 15.3 Å². The van der Waals surface area contributed by atoms with Crippen molar-refractivity contribution in [2.75, 3.05) is 10.2 Å². The fraction of sp³-hybridized carbons (Fsp3) is 0.286. The fourth-order valence-corrected chi connectivity index (χ4v) is 3.97. The molecular weight excluding hydrogens is 435 g/mol. The van der Waals surface area contributed by atoms with Gasteiger partial charge in [0.05, 0.1) is 0 Å². The third-order valence-electron chi connectivity index (χ3n) is 4.86. The van der Waals surface area contributed by atoms with Gasteiger partial charge in [0.15, 0.2) is 0 Å². The number of halogens is 1. The molecule has 2 aromatic rings. The van der Waals surface area contributed by atoms with Gasteiger partial charge in [-0.15, -0.1) is 3.89 Å². The molecule has 0 radical (unpaired) electrons. The second kappa shape index (κ2) is 8.95. The summed E-state index contributed by atoms with van der Waals surface area (Å²) in [7, 11) is -4.82. The smallest absolute Gasteiger partial charge is 0.332 e. The first-order valence-corrected chi connectivity index (χ1v) is 11.3. The molecule has 0 aliphatic carbocycles. The van der Waals surface area contributed by atoms with Crippen LogP contribution in [0.2, 0.25) is 0 Å². The molecule has 0 atom stereocenters. The molecule has 0 unspecified atom stereocenters. The van der Waals surface area contributed by atoms with Gasteiger partial charge in [0.2, 0.25) is 17.8 Å². The molecule has 0 saturated carbocycles. The normalized spacial score (nSPS) is 15.7. The molecule has 170 valence electrons. The van der Waals surface area contributed by atoms with Crippen LogP contribution in [0.5, 0.6) is 0 Å². The van der Waals surface area contributed by atoms with Crippen molar-refractivity contribution in [2.45, 2.75) is 43.7 Å². The predicted molar refractivity (Wildman–Crippen MR) is 123 cm³/mol. The van der Waals surface area contributed by atoms with E-state index in [-0.39, 0.29) is 29.9 Å². The van der Waals surface area contributed by atoms with E-state index in [0.717, 1.165) is 23.4 Å². The third-order valence-corrected chi connectivity index (χ3v) is 5.67. The van der Waals surface area contributed by atoms with Gasteiger partial charge >= 0.3 is 10.2 Å². The average Bonchev–Trinajstić information content (AvgIpc) is 2.67.